The van der Waals surface area contributed by atoms with E-state index in [1.807, 2.05) is 0 Å². The first-order chi connectivity index (χ1) is 8.25. The van der Waals surface area contributed by atoms with Crippen molar-refractivity contribution in [2.75, 3.05) is 26.2 Å². The van der Waals surface area contributed by atoms with Gasteiger partial charge in [-0.2, -0.15) is 0 Å². The summed E-state index contributed by atoms with van der Waals surface area (Å²) in [4.78, 5) is 38.6. The van der Waals surface area contributed by atoms with Crippen molar-refractivity contribution in [3.8, 4) is 0 Å². The van der Waals surface area contributed by atoms with Crippen LogP contribution < -0.4 is 33.1 Å². The minimum Gasteiger partial charge on any atom is -0.549 e. The SMILES string of the molecule is N.N.O=C(O)CNCC(=O)O.O=C([O-])CNCC(=O)[O-].[Zn+2]. The van der Waals surface area contributed by atoms with Crippen LogP contribution in [-0.4, -0.2) is 60.3 Å². The second-order valence-electron chi connectivity index (χ2n) is 2.74. The van der Waals surface area contributed by atoms with Crippen molar-refractivity contribution in [2.45, 2.75) is 0 Å². The number of carboxylic acid groups (broad SMARTS) is 4. The Hall–Kier alpha value is -1.66. The molecule has 0 rings (SSSR count). The molecule has 10 N–H and O–H groups in total. The zero-order chi connectivity index (χ0) is 14.6. The van der Waals surface area contributed by atoms with Crippen molar-refractivity contribution in [3.05, 3.63) is 0 Å². The molecule has 0 unspecified atom stereocenters. The maximum Gasteiger partial charge on any atom is 2.00 e. The van der Waals surface area contributed by atoms with Gasteiger partial charge in [0.05, 0.1) is 25.0 Å². The van der Waals surface area contributed by atoms with E-state index in [0.717, 1.165) is 0 Å². The van der Waals surface area contributed by atoms with E-state index in [9.17, 15) is 29.4 Å². The Morgan fingerprint density at radius 2 is 0.952 bits per heavy atom. The van der Waals surface area contributed by atoms with Crippen molar-refractivity contribution < 1.29 is 59.1 Å². The van der Waals surface area contributed by atoms with E-state index in [1.165, 1.54) is 0 Å². The number of hydrogen-bond acceptors (Lipinski definition) is 10. The number of carbonyl (C=O) groups excluding carboxylic acids is 2. The molecule has 0 amide bonds. The minimum atomic E-state index is -1.34. The predicted octanol–water partition coefficient (Wildman–Crippen LogP) is -4.86. The zero-order valence-electron chi connectivity index (χ0n) is 11.3. The summed E-state index contributed by atoms with van der Waals surface area (Å²) < 4.78 is 0. The number of rotatable bonds is 8. The molecule has 0 fully saturated rings. The van der Waals surface area contributed by atoms with Crippen LogP contribution in [0.15, 0.2) is 0 Å². The van der Waals surface area contributed by atoms with Gasteiger partial charge in [-0.15, -0.1) is 0 Å². The third-order valence-electron chi connectivity index (χ3n) is 1.09. The van der Waals surface area contributed by atoms with Crippen LogP contribution in [0.1, 0.15) is 0 Å². The molecule has 0 aromatic heterocycles. The molecular weight excluding hydrogens is 345 g/mol. The fourth-order valence-electron chi connectivity index (χ4n) is 0.543. The molecule has 0 aromatic rings. The van der Waals surface area contributed by atoms with Gasteiger partial charge in [-0.05, 0) is 0 Å². The second kappa shape index (κ2) is 20.7. The van der Waals surface area contributed by atoms with Crippen LogP contribution in [0, 0.1) is 0 Å². The molecule has 120 valence electrons. The van der Waals surface area contributed by atoms with Crippen molar-refractivity contribution >= 4 is 23.9 Å². The van der Waals surface area contributed by atoms with Crippen LogP contribution in [0.3, 0.4) is 0 Å². The molecule has 0 aliphatic heterocycles. The fraction of sp³-hybridized carbons (Fsp3) is 0.500. The molecule has 0 saturated carbocycles. The van der Waals surface area contributed by atoms with E-state index in [0.29, 0.717) is 0 Å². The summed E-state index contributed by atoms with van der Waals surface area (Å²) in [5.74, 6) is -4.79. The van der Waals surface area contributed by atoms with Crippen molar-refractivity contribution in [2.24, 2.45) is 0 Å². The Morgan fingerprint density at radius 3 is 1.14 bits per heavy atom. The average molecular weight is 364 g/mol. The molecule has 13 heteroatoms. The average Bonchev–Trinajstić information content (AvgIpc) is 2.15. The fourth-order valence-corrected chi connectivity index (χ4v) is 0.543. The first-order valence-electron chi connectivity index (χ1n) is 4.50. The molecule has 0 aromatic carbocycles. The number of hydrogen-bond donors (Lipinski definition) is 6. The van der Waals surface area contributed by atoms with Crippen LogP contribution >= 0.6 is 0 Å². The van der Waals surface area contributed by atoms with E-state index < -0.39 is 37.0 Å². The van der Waals surface area contributed by atoms with E-state index >= 15 is 0 Å². The van der Waals surface area contributed by atoms with Gasteiger partial charge in [0, 0.05) is 13.1 Å². The number of nitrogens with one attached hydrogen (secondary N) is 2. The van der Waals surface area contributed by atoms with Crippen molar-refractivity contribution in [3.63, 3.8) is 0 Å². The second-order valence-corrected chi connectivity index (χ2v) is 2.74. The summed E-state index contributed by atoms with van der Waals surface area (Å²) in [7, 11) is 0. The van der Waals surface area contributed by atoms with E-state index in [-0.39, 0.29) is 44.9 Å². The predicted molar refractivity (Wildman–Crippen MR) is 61.1 cm³/mol. The molecule has 0 radical (unpaired) electrons. The van der Waals surface area contributed by atoms with Crippen LogP contribution in [-0.2, 0) is 38.7 Å². The van der Waals surface area contributed by atoms with Gasteiger partial charge in [-0.3, -0.25) is 14.9 Å². The van der Waals surface area contributed by atoms with Crippen molar-refractivity contribution in [1.29, 1.82) is 0 Å². The smallest absolute Gasteiger partial charge is 0.549 e. The molecule has 0 saturated heterocycles. The van der Waals surface area contributed by atoms with Gasteiger partial charge in [-0.25, -0.2) is 0 Å². The normalized spacial score (nSPS) is 7.62. The first kappa shape index (κ1) is 31.6. The molecule has 0 heterocycles. The third kappa shape index (κ3) is 45.8. The van der Waals surface area contributed by atoms with E-state index in [1.54, 1.807) is 0 Å². The van der Waals surface area contributed by atoms with Gasteiger partial charge in [0.1, 0.15) is 0 Å². The summed E-state index contributed by atoms with van der Waals surface area (Å²) in [5, 5.41) is 39.4. The van der Waals surface area contributed by atoms with Gasteiger partial charge < -0.3 is 47.6 Å². The topological polar surface area (TPSA) is 249 Å². The molecule has 0 atom stereocenters. The summed E-state index contributed by atoms with van der Waals surface area (Å²) in [6, 6.07) is 0. The van der Waals surface area contributed by atoms with Gasteiger partial charge in [0.2, 0.25) is 0 Å². The summed E-state index contributed by atoms with van der Waals surface area (Å²) in [6.07, 6.45) is 0. The maximum absolute atomic E-state index is 9.73. The van der Waals surface area contributed by atoms with Gasteiger partial charge in [-0.1, -0.05) is 0 Å². The summed E-state index contributed by atoms with van der Waals surface area (Å²) in [5.41, 5.74) is 0. The van der Waals surface area contributed by atoms with Crippen LogP contribution in [0.5, 0.6) is 0 Å². The Kier molecular flexibility index (Phi) is 31.1. The quantitative estimate of drug-likeness (QED) is 0.222. The first-order valence-corrected chi connectivity index (χ1v) is 4.50. The Balaban J connectivity index is -0.0000000711. The Labute approximate surface area is 132 Å². The van der Waals surface area contributed by atoms with Gasteiger partial charge in [0.25, 0.3) is 0 Å². The molecule has 0 bridgehead atoms. The monoisotopic (exact) mass is 362 g/mol. The molecule has 0 spiro atoms. The molecular formula is C8H18N4O8Zn. The molecule has 0 aliphatic rings. The summed E-state index contributed by atoms with van der Waals surface area (Å²) >= 11 is 0. The van der Waals surface area contributed by atoms with Crippen LogP contribution in [0.4, 0.5) is 0 Å². The van der Waals surface area contributed by atoms with E-state index in [4.69, 9.17) is 10.2 Å². The number of aliphatic carboxylic acids is 4. The Morgan fingerprint density at radius 1 is 0.714 bits per heavy atom. The standard InChI is InChI=1S/2C4H7NO4.2H3N.Zn/c2*6-3(7)1-5-2-4(8)9;;;/h2*5H,1-2H2,(H,6,7)(H,8,9);2*1H3;/q;;;;+2/p-2. The van der Waals surface area contributed by atoms with Gasteiger partial charge in [0.15, 0.2) is 0 Å². The number of carbonyl (C=O) groups is 4. The third-order valence-corrected chi connectivity index (χ3v) is 1.09. The molecule has 0 aliphatic carbocycles. The van der Waals surface area contributed by atoms with E-state index in [2.05, 4.69) is 10.6 Å². The van der Waals surface area contributed by atoms with Gasteiger partial charge >= 0.3 is 31.4 Å². The largest absolute Gasteiger partial charge is 2.00 e. The minimum absolute atomic E-state index is 0. The number of carboxylic acids is 4. The Bertz CT molecular complexity index is 257. The summed E-state index contributed by atoms with van der Waals surface area (Å²) in [6.45, 7) is -1.56. The molecule has 21 heavy (non-hydrogen) atoms. The van der Waals surface area contributed by atoms with Crippen LogP contribution in [0.25, 0.3) is 0 Å². The zero-order valence-corrected chi connectivity index (χ0v) is 14.3. The maximum atomic E-state index is 9.73. The van der Waals surface area contributed by atoms with Crippen LogP contribution in [0.2, 0.25) is 0 Å². The van der Waals surface area contributed by atoms with Crippen molar-refractivity contribution in [1.82, 2.24) is 22.9 Å². The molecule has 12 nitrogen and oxygen atoms in total.